The van der Waals surface area contributed by atoms with Crippen molar-refractivity contribution in [3.8, 4) is 17.4 Å². The van der Waals surface area contributed by atoms with Gasteiger partial charge in [-0.15, -0.1) is 0 Å². The van der Waals surface area contributed by atoms with Gasteiger partial charge in [-0.25, -0.2) is 26.9 Å². The number of nitrogens with zero attached hydrogens (tertiary/aromatic N) is 2. The SMILES string of the molecule is O=CNC(=O)/C(=N\Nc1cc(Cl)c(Oc2cc(S(=O)(=O)NC34CC(O)(C3)C4)c(O)cn2)c(Cl)c1)C(F)F. The molecule has 0 saturated heterocycles. The minimum Gasteiger partial charge on any atom is -0.505 e. The summed E-state index contributed by atoms with van der Waals surface area (Å²) in [5.74, 6) is -2.56. The third-order valence-corrected chi connectivity index (χ3v) is 7.77. The van der Waals surface area contributed by atoms with Gasteiger partial charge in [0.2, 0.25) is 22.3 Å². The molecule has 198 valence electrons. The van der Waals surface area contributed by atoms with Crippen LogP contribution in [0.25, 0.3) is 0 Å². The van der Waals surface area contributed by atoms with Crippen LogP contribution in [-0.4, -0.2) is 59.2 Å². The van der Waals surface area contributed by atoms with E-state index in [1.54, 1.807) is 0 Å². The van der Waals surface area contributed by atoms with Gasteiger partial charge in [0.15, 0.2) is 17.2 Å². The molecular weight excluding hydrogens is 563 g/mol. The molecule has 5 rings (SSSR count). The minimum absolute atomic E-state index is 0.0363. The highest BCUT2D eigenvalue weighted by Crippen LogP contribution is 2.60. The molecule has 3 saturated carbocycles. The van der Waals surface area contributed by atoms with Crippen LogP contribution in [0, 0.1) is 0 Å². The fourth-order valence-electron chi connectivity index (χ4n) is 4.14. The van der Waals surface area contributed by atoms with Crippen LogP contribution >= 0.6 is 23.2 Å². The Morgan fingerprint density at radius 1 is 1.22 bits per heavy atom. The highest BCUT2D eigenvalue weighted by Gasteiger charge is 2.68. The smallest absolute Gasteiger partial charge is 0.287 e. The van der Waals surface area contributed by atoms with Gasteiger partial charge in [0.05, 0.1) is 27.5 Å². The number of hydrogen-bond donors (Lipinski definition) is 5. The zero-order valence-electron chi connectivity index (χ0n) is 18.3. The van der Waals surface area contributed by atoms with Crippen molar-refractivity contribution in [3.05, 3.63) is 34.4 Å². The quantitative estimate of drug-likeness (QED) is 0.160. The molecule has 5 N–H and O–H groups in total. The van der Waals surface area contributed by atoms with Crippen molar-refractivity contribution >= 4 is 56.9 Å². The third kappa shape index (κ3) is 5.45. The summed E-state index contributed by atoms with van der Waals surface area (Å²) in [6.07, 6.45) is -1.73. The number of pyridine rings is 1. The second-order valence-corrected chi connectivity index (χ2v) is 11.0. The average molecular weight is 580 g/mol. The van der Waals surface area contributed by atoms with E-state index in [9.17, 15) is 37.0 Å². The number of hydrogen-bond acceptors (Lipinski definition) is 10. The Labute approximate surface area is 217 Å². The molecule has 3 aliphatic carbocycles. The summed E-state index contributed by atoms with van der Waals surface area (Å²) in [6.45, 7) is 0. The molecule has 3 fully saturated rings. The summed E-state index contributed by atoms with van der Waals surface area (Å²) in [6, 6.07) is 3.25. The number of imide groups is 1. The van der Waals surface area contributed by atoms with Crippen molar-refractivity contribution in [2.75, 3.05) is 5.43 Å². The number of rotatable bonds is 10. The first-order chi connectivity index (χ1) is 17.3. The molecule has 12 nitrogen and oxygen atoms in total. The number of carbonyl (C=O) groups is 2. The standard InChI is InChI=1S/C20H17Cl2F2N5O7S/c21-10-1-9(27-28-15(17(23)24)18(32)26-8-30)2-11(22)16(10)36-14-3-13(12(31)4-25-14)37(34,35)29-19-5-20(33,6-19)7-19/h1-4,8,17,27,29,31,33H,5-7H2,(H,26,30,32)/b28-15-. The summed E-state index contributed by atoms with van der Waals surface area (Å²) >= 11 is 12.3. The summed E-state index contributed by atoms with van der Waals surface area (Å²) in [5.41, 5.74) is -0.755. The van der Waals surface area contributed by atoms with E-state index < -0.39 is 49.9 Å². The van der Waals surface area contributed by atoms with Crippen molar-refractivity contribution in [1.29, 1.82) is 0 Å². The van der Waals surface area contributed by atoms with E-state index in [4.69, 9.17) is 27.9 Å². The number of nitrogens with one attached hydrogen (secondary N) is 3. The first kappa shape index (κ1) is 26.9. The Balaban J connectivity index is 1.53. The highest BCUT2D eigenvalue weighted by molar-refractivity contribution is 7.89. The molecule has 2 bridgehead atoms. The maximum absolute atomic E-state index is 13.0. The molecule has 2 aromatic rings. The van der Waals surface area contributed by atoms with Crippen LogP contribution in [0.15, 0.2) is 34.4 Å². The predicted molar refractivity (Wildman–Crippen MR) is 126 cm³/mol. The minimum atomic E-state index is -4.21. The number of alkyl halides is 2. The van der Waals surface area contributed by atoms with E-state index in [1.165, 1.54) is 5.32 Å². The van der Waals surface area contributed by atoms with Crippen molar-refractivity contribution in [1.82, 2.24) is 15.0 Å². The third-order valence-electron chi connectivity index (χ3n) is 5.60. The number of aliphatic hydroxyl groups is 1. The van der Waals surface area contributed by atoms with Gasteiger partial charge in [-0.3, -0.25) is 20.3 Å². The van der Waals surface area contributed by atoms with Gasteiger partial charge in [-0.1, -0.05) is 23.2 Å². The largest absolute Gasteiger partial charge is 0.505 e. The van der Waals surface area contributed by atoms with Crippen LogP contribution in [-0.2, 0) is 19.6 Å². The highest BCUT2D eigenvalue weighted by atomic mass is 35.5. The molecule has 0 unspecified atom stereocenters. The molecule has 1 heterocycles. The normalized spacial score (nSPS) is 22.6. The van der Waals surface area contributed by atoms with E-state index in [0.717, 1.165) is 24.4 Å². The number of aromatic nitrogens is 1. The Morgan fingerprint density at radius 2 is 1.84 bits per heavy atom. The van der Waals surface area contributed by atoms with Crippen LogP contribution in [0.4, 0.5) is 14.5 Å². The van der Waals surface area contributed by atoms with Gasteiger partial charge in [-0.05, 0) is 31.4 Å². The Morgan fingerprint density at radius 3 is 2.38 bits per heavy atom. The fraction of sp³-hybridized carbons (Fsp3) is 0.300. The van der Waals surface area contributed by atoms with Crippen molar-refractivity contribution in [3.63, 3.8) is 0 Å². The number of sulfonamides is 1. The summed E-state index contributed by atoms with van der Waals surface area (Å²) < 4.78 is 59.7. The van der Waals surface area contributed by atoms with E-state index >= 15 is 0 Å². The van der Waals surface area contributed by atoms with E-state index in [2.05, 4.69) is 20.2 Å². The number of aromatic hydroxyl groups is 1. The maximum Gasteiger partial charge on any atom is 0.287 e. The molecule has 17 heteroatoms. The number of carbonyl (C=O) groups excluding carboxylic acids is 2. The first-order valence-corrected chi connectivity index (χ1v) is 12.5. The van der Waals surface area contributed by atoms with Crippen LogP contribution < -0.4 is 20.2 Å². The van der Waals surface area contributed by atoms with Crippen LogP contribution in [0.2, 0.25) is 10.0 Å². The van der Waals surface area contributed by atoms with Gasteiger partial charge in [0.25, 0.3) is 12.3 Å². The molecule has 2 amide bonds. The molecular formula is C20H17Cl2F2N5O7S. The molecule has 1 aromatic carbocycles. The molecule has 0 radical (unpaired) electrons. The molecule has 0 atom stereocenters. The Bertz CT molecular complexity index is 1380. The second-order valence-electron chi connectivity index (χ2n) is 8.50. The van der Waals surface area contributed by atoms with Gasteiger partial charge >= 0.3 is 0 Å². The van der Waals surface area contributed by atoms with E-state index in [1.807, 2.05) is 0 Å². The number of halogens is 4. The summed E-state index contributed by atoms with van der Waals surface area (Å²) in [5, 5.41) is 24.4. The summed E-state index contributed by atoms with van der Waals surface area (Å²) in [4.78, 5) is 25.1. The molecule has 37 heavy (non-hydrogen) atoms. The van der Waals surface area contributed by atoms with E-state index in [-0.39, 0.29) is 53.0 Å². The fourth-order valence-corrected chi connectivity index (χ4v) is 6.19. The lowest BCUT2D eigenvalue weighted by Gasteiger charge is -2.67. The molecule has 1 aromatic heterocycles. The average Bonchev–Trinajstić information content (AvgIpc) is 2.75. The molecule has 3 aliphatic rings. The first-order valence-electron chi connectivity index (χ1n) is 10.2. The lowest BCUT2D eigenvalue weighted by atomic mass is 9.47. The summed E-state index contributed by atoms with van der Waals surface area (Å²) in [7, 11) is -4.21. The lowest BCUT2D eigenvalue weighted by molar-refractivity contribution is -0.212. The monoisotopic (exact) mass is 579 g/mol. The zero-order chi connectivity index (χ0) is 27.2. The number of ether oxygens (including phenoxy) is 1. The maximum atomic E-state index is 13.0. The van der Waals surface area contributed by atoms with Gasteiger partial charge in [0, 0.05) is 11.6 Å². The molecule has 0 spiro atoms. The lowest BCUT2D eigenvalue weighted by Crippen LogP contribution is -2.78. The number of benzene rings is 1. The second kappa shape index (κ2) is 9.64. The zero-order valence-corrected chi connectivity index (χ0v) is 20.7. The van der Waals surface area contributed by atoms with Crippen LogP contribution in [0.3, 0.4) is 0 Å². The Kier molecular flexibility index (Phi) is 7.02. The van der Waals surface area contributed by atoms with Crippen molar-refractivity contribution < 1.29 is 41.7 Å². The predicted octanol–water partition coefficient (Wildman–Crippen LogP) is 2.14. The Hall–Kier alpha value is -3.11. The van der Waals surface area contributed by atoms with Crippen molar-refractivity contribution in [2.45, 2.75) is 41.7 Å². The van der Waals surface area contributed by atoms with Crippen LogP contribution in [0.5, 0.6) is 17.4 Å². The number of hydrazone groups is 1. The number of amides is 2. The van der Waals surface area contributed by atoms with Gasteiger partial charge < -0.3 is 14.9 Å². The number of anilines is 1. The van der Waals surface area contributed by atoms with E-state index in [0.29, 0.717) is 0 Å². The van der Waals surface area contributed by atoms with Crippen LogP contribution in [0.1, 0.15) is 19.3 Å². The topological polar surface area (TPSA) is 179 Å². The van der Waals surface area contributed by atoms with Gasteiger partial charge in [0.1, 0.15) is 4.90 Å². The van der Waals surface area contributed by atoms with Crippen molar-refractivity contribution in [2.24, 2.45) is 5.10 Å². The van der Waals surface area contributed by atoms with Gasteiger partial charge in [-0.2, -0.15) is 5.10 Å². The molecule has 0 aliphatic heterocycles.